The number of hydrogen-bond donors (Lipinski definition) is 1. The van der Waals surface area contributed by atoms with Crippen molar-refractivity contribution in [1.82, 2.24) is 0 Å². The van der Waals surface area contributed by atoms with E-state index < -0.39 is 0 Å². The lowest BCUT2D eigenvalue weighted by atomic mass is 9.87. The molecule has 1 N–H and O–H groups in total. The third kappa shape index (κ3) is 3.77. The van der Waals surface area contributed by atoms with Crippen molar-refractivity contribution in [3.8, 4) is 0 Å². The Hall–Kier alpha value is -1.47. The third-order valence-electron chi connectivity index (χ3n) is 3.43. The van der Waals surface area contributed by atoms with Crippen LogP contribution in [0.25, 0.3) is 0 Å². The van der Waals surface area contributed by atoms with Crippen LogP contribution in [0, 0.1) is 6.92 Å². The third-order valence-corrected chi connectivity index (χ3v) is 3.74. The van der Waals surface area contributed by atoms with E-state index in [1.807, 2.05) is 19.1 Å². The molecule has 0 saturated carbocycles. The molecular weight excluding hydrogens is 266 g/mol. The van der Waals surface area contributed by atoms with Crippen LogP contribution >= 0.6 is 11.6 Å². The van der Waals surface area contributed by atoms with Gasteiger partial charge in [0.05, 0.1) is 10.7 Å². The molecular formula is C18H22ClN. The summed E-state index contributed by atoms with van der Waals surface area (Å²) in [5.74, 6) is 0. The van der Waals surface area contributed by atoms with Gasteiger partial charge >= 0.3 is 0 Å². The maximum atomic E-state index is 6.22. The molecule has 2 heteroatoms. The number of aryl methyl sites for hydroxylation is 1. The fraction of sp³-hybridized carbons (Fsp3) is 0.333. The Balaban J connectivity index is 2.04. The Bertz CT molecular complexity index is 579. The average Bonchev–Trinajstić information content (AvgIpc) is 2.37. The highest BCUT2D eigenvalue weighted by Gasteiger charge is 2.12. The van der Waals surface area contributed by atoms with Crippen molar-refractivity contribution < 1.29 is 0 Å². The molecule has 1 nitrogen and oxygen atoms in total. The molecule has 0 unspecified atom stereocenters. The molecule has 0 saturated heterocycles. The summed E-state index contributed by atoms with van der Waals surface area (Å²) in [4.78, 5) is 0. The van der Waals surface area contributed by atoms with Crippen LogP contribution in [-0.2, 0) is 12.0 Å². The number of rotatable bonds is 3. The molecule has 2 aromatic rings. The molecule has 0 aliphatic carbocycles. The Kier molecular flexibility index (Phi) is 4.39. The molecule has 20 heavy (non-hydrogen) atoms. The van der Waals surface area contributed by atoms with Gasteiger partial charge in [0, 0.05) is 6.54 Å². The quantitative estimate of drug-likeness (QED) is 0.779. The summed E-state index contributed by atoms with van der Waals surface area (Å²) >= 11 is 6.22. The summed E-state index contributed by atoms with van der Waals surface area (Å²) in [5, 5.41) is 4.16. The van der Waals surface area contributed by atoms with Crippen molar-refractivity contribution in [3.63, 3.8) is 0 Å². The van der Waals surface area contributed by atoms with E-state index in [4.69, 9.17) is 11.6 Å². The van der Waals surface area contributed by atoms with Gasteiger partial charge in [-0.25, -0.2) is 0 Å². The topological polar surface area (TPSA) is 12.0 Å². The Morgan fingerprint density at radius 3 is 2.20 bits per heavy atom. The van der Waals surface area contributed by atoms with E-state index in [2.05, 4.69) is 56.4 Å². The van der Waals surface area contributed by atoms with Crippen LogP contribution in [0.15, 0.2) is 42.5 Å². The van der Waals surface area contributed by atoms with E-state index in [1.165, 1.54) is 16.7 Å². The van der Waals surface area contributed by atoms with E-state index >= 15 is 0 Å². The van der Waals surface area contributed by atoms with Crippen molar-refractivity contribution in [2.45, 2.75) is 39.7 Å². The first-order chi connectivity index (χ1) is 9.36. The minimum Gasteiger partial charge on any atom is -0.380 e. The predicted molar refractivity (Wildman–Crippen MR) is 88.7 cm³/mol. The largest absolute Gasteiger partial charge is 0.380 e. The smallest absolute Gasteiger partial charge is 0.0640 e. The summed E-state index contributed by atoms with van der Waals surface area (Å²) in [7, 11) is 0. The lowest BCUT2D eigenvalue weighted by Gasteiger charge is -2.19. The molecule has 0 aliphatic heterocycles. The lowest BCUT2D eigenvalue weighted by Crippen LogP contribution is -2.11. The maximum absolute atomic E-state index is 6.22. The van der Waals surface area contributed by atoms with Crippen LogP contribution in [0.4, 0.5) is 5.69 Å². The molecule has 0 heterocycles. The van der Waals surface area contributed by atoms with E-state index in [0.717, 1.165) is 17.3 Å². The van der Waals surface area contributed by atoms with E-state index in [0.29, 0.717) is 0 Å². The molecule has 0 bridgehead atoms. The summed E-state index contributed by atoms with van der Waals surface area (Å²) in [6.45, 7) is 9.51. The average molecular weight is 288 g/mol. The second-order valence-corrected chi connectivity index (χ2v) is 6.69. The lowest BCUT2D eigenvalue weighted by molar-refractivity contribution is 0.590. The highest BCUT2D eigenvalue weighted by Crippen LogP contribution is 2.24. The van der Waals surface area contributed by atoms with E-state index in [-0.39, 0.29) is 5.41 Å². The molecule has 106 valence electrons. The van der Waals surface area contributed by atoms with Crippen molar-refractivity contribution in [2.24, 2.45) is 0 Å². The molecule has 0 fully saturated rings. The zero-order chi connectivity index (χ0) is 14.8. The first-order valence-corrected chi connectivity index (χ1v) is 7.33. The van der Waals surface area contributed by atoms with Crippen molar-refractivity contribution in [3.05, 3.63) is 64.2 Å². The minimum atomic E-state index is 0.201. The minimum absolute atomic E-state index is 0.201. The summed E-state index contributed by atoms with van der Waals surface area (Å²) in [6, 6.07) is 14.8. The second kappa shape index (κ2) is 5.88. The van der Waals surface area contributed by atoms with Crippen LogP contribution < -0.4 is 5.32 Å². The SMILES string of the molecule is Cc1ccc(NCc2ccc(C(C)(C)C)cc2)c(Cl)c1. The first-order valence-electron chi connectivity index (χ1n) is 6.96. The van der Waals surface area contributed by atoms with Crippen LogP contribution in [-0.4, -0.2) is 0 Å². The fourth-order valence-corrected chi connectivity index (χ4v) is 2.39. The predicted octanol–water partition coefficient (Wildman–Crippen LogP) is 5.56. The van der Waals surface area contributed by atoms with Gasteiger partial charge in [0.15, 0.2) is 0 Å². The van der Waals surface area contributed by atoms with E-state index in [9.17, 15) is 0 Å². The molecule has 2 aromatic carbocycles. The first kappa shape index (κ1) is 14.9. The monoisotopic (exact) mass is 287 g/mol. The van der Waals surface area contributed by atoms with Gasteiger partial charge in [-0.2, -0.15) is 0 Å². The number of benzene rings is 2. The van der Waals surface area contributed by atoms with E-state index in [1.54, 1.807) is 0 Å². The van der Waals surface area contributed by atoms with Gasteiger partial charge in [-0.05, 0) is 41.2 Å². The molecule has 0 radical (unpaired) electrons. The van der Waals surface area contributed by atoms with Gasteiger partial charge in [0.2, 0.25) is 0 Å². The Morgan fingerprint density at radius 2 is 1.65 bits per heavy atom. The van der Waals surface area contributed by atoms with Crippen molar-refractivity contribution in [2.75, 3.05) is 5.32 Å². The van der Waals surface area contributed by atoms with Crippen LogP contribution in [0.1, 0.15) is 37.5 Å². The van der Waals surface area contributed by atoms with Gasteiger partial charge in [0.25, 0.3) is 0 Å². The van der Waals surface area contributed by atoms with Gasteiger partial charge in [0.1, 0.15) is 0 Å². The molecule has 0 spiro atoms. The van der Waals surface area contributed by atoms with Crippen LogP contribution in [0.2, 0.25) is 5.02 Å². The number of nitrogens with one attached hydrogen (secondary N) is 1. The summed E-state index contributed by atoms with van der Waals surface area (Å²) in [5.41, 5.74) is 4.98. The number of halogens is 1. The highest BCUT2D eigenvalue weighted by atomic mass is 35.5. The summed E-state index contributed by atoms with van der Waals surface area (Å²) < 4.78 is 0. The van der Waals surface area contributed by atoms with Gasteiger partial charge in [-0.15, -0.1) is 0 Å². The van der Waals surface area contributed by atoms with Crippen molar-refractivity contribution in [1.29, 1.82) is 0 Å². The molecule has 0 aliphatic rings. The fourth-order valence-electron chi connectivity index (χ4n) is 2.08. The molecule has 0 atom stereocenters. The summed E-state index contributed by atoms with van der Waals surface area (Å²) in [6.07, 6.45) is 0. The zero-order valence-corrected chi connectivity index (χ0v) is 13.4. The molecule has 0 aromatic heterocycles. The van der Waals surface area contributed by atoms with Gasteiger partial charge in [-0.3, -0.25) is 0 Å². The van der Waals surface area contributed by atoms with Gasteiger partial charge in [-0.1, -0.05) is 62.7 Å². The molecule has 2 rings (SSSR count). The van der Waals surface area contributed by atoms with Crippen LogP contribution in [0.5, 0.6) is 0 Å². The number of hydrogen-bond acceptors (Lipinski definition) is 1. The van der Waals surface area contributed by atoms with Crippen molar-refractivity contribution >= 4 is 17.3 Å². The normalized spacial score (nSPS) is 11.4. The standard InChI is InChI=1S/C18H22ClN/c1-13-5-10-17(16(19)11-13)20-12-14-6-8-15(9-7-14)18(2,3)4/h5-11,20H,12H2,1-4H3. The molecule has 0 amide bonds. The zero-order valence-electron chi connectivity index (χ0n) is 12.6. The maximum Gasteiger partial charge on any atom is 0.0640 e. The highest BCUT2D eigenvalue weighted by molar-refractivity contribution is 6.33. The number of anilines is 1. The van der Waals surface area contributed by atoms with Crippen LogP contribution in [0.3, 0.4) is 0 Å². The second-order valence-electron chi connectivity index (χ2n) is 6.28. The van der Waals surface area contributed by atoms with Gasteiger partial charge < -0.3 is 5.32 Å². The Morgan fingerprint density at radius 1 is 1.00 bits per heavy atom. The Labute approximate surface area is 127 Å².